The smallest absolute Gasteiger partial charge is 0.121 e. The van der Waals surface area contributed by atoms with Crippen molar-refractivity contribution in [1.82, 2.24) is 5.32 Å². The monoisotopic (exact) mass is 263 g/mol. The van der Waals surface area contributed by atoms with Crippen LogP contribution >= 0.6 is 0 Å². The van der Waals surface area contributed by atoms with Crippen molar-refractivity contribution in [2.45, 2.75) is 39.5 Å². The third-order valence-corrected chi connectivity index (χ3v) is 2.96. The lowest BCUT2D eigenvalue weighted by Gasteiger charge is -2.12. The molecule has 0 aromatic rings. The van der Waals surface area contributed by atoms with Crippen LogP contribution in [0.15, 0.2) is 42.0 Å². The Kier molecular flexibility index (Phi) is 12.2. The molecule has 0 fully saturated rings. The third-order valence-electron chi connectivity index (χ3n) is 2.96. The number of hydrogen-bond donors (Lipinski definition) is 2. The van der Waals surface area contributed by atoms with Crippen molar-refractivity contribution in [2.75, 3.05) is 13.2 Å². The molecule has 3 N–H and O–H groups in total. The lowest BCUT2D eigenvalue weighted by atomic mass is 10.00. The average molecular weight is 263 g/mol. The summed E-state index contributed by atoms with van der Waals surface area (Å²) in [6, 6.07) is 0. The molecule has 0 spiro atoms. The highest BCUT2D eigenvalue weighted by atomic mass is 15.0. The molecule has 0 amide bonds. The zero-order valence-electron chi connectivity index (χ0n) is 12.4. The van der Waals surface area contributed by atoms with Gasteiger partial charge in [0.25, 0.3) is 0 Å². The molecule has 0 rings (SSSR count). The number of amidine groups is 1. The van der Waals surface area contributed by atoms with Gasteiger partial charge in [0.15, 0.2) is 0 Å². The highest BCUT2D eigenvalue weighted by Crippen LogP contribution is 2.12. The molecule has 3 nitrogen and oxygen atoms in total. The van der Waals surface area contributed by atoms with Gasteiger partial charge in [-0.15, -0.1) is 0 Å². The topological polar surface area (TPSA) is 50.4 Å². The first-order valence-electron chi connectivity index (χ1n) is 7.22. The Morgan fingerprint density at radius 2 is 2.11 bits per heavy atom. The zero-order valence-corrected chi connectivity index (χ0v) is 12.4. The predicted molar refractivity (Wildman–Crippen MR) is 86.3 cm³/mol. The van der Waals surface area contributed by atoms with Gasteiger partial charge in [-0.25, -0.2) is 0 Å². The number of nitrogens with two attached hydrogens (primary N) is 1. The van der Waals surface area contributed by atoms with Crippen molar-refractivity contribution in [3.8, 4) is 0 Å². The number of nitrogens with zero attached hydrogens (tertiary/aromatic N) is 1. The largest absolute Gasteiger partial charge is 0.358 e. The molecule has 0 aromatic heterocycles. The van der Waals surface area contributed by atoms with Gasteiger partial charge in [-0.2, -0.15) is 0 Å². The first kappa shape index (κ1) is 17.6. The Balaban J connectivity index is 4.40. The van der Waals surface area contributed by atoms with Crippen molar-refractivity contribution >= 4 is 5.84 Å². The summed E-state index contributed by atoms with van der Waals surface area (Å²) < 4.78 is 0. The normalized spacial score (nSPS) is 14.2. The van der Waals surface area contributed by atoms with Crippen molar-refractivity contribution < 1.29 is 0 Å². The fraction of sp³-hybridized carbons (Fsp3) is 0.562. The number of aliphatic imine (C=N–C) groups is 1. The van der Waals surface area contributed by atoms with E-state index in [1.165, 1.54) is 25.7 Å². The summed E-state index contributed by atoms with van der Waals surface area (Å²) in [5.74, 6) is 1.53. The summed E-state index contributed by atoms with van der Waals surface area (Å²) >= 11 is 0. The van der Waals surface area contributed by atoms with Crippen LogP contribution in [0.25, 0.3) is 0 Å². The molecule has 19 heavy (non-hydrogen) atoms. The number of hydrogen-bond acceptors (Lipinski definition) is 2. The van der Waals surface area contributed by atoms with Gasteiger partial charge in [-0.3, -0.25) is 4.99 Å². The third kappa shape index (κ3) is 10.3. The summed E-state index contributed by atoms with van der Waals surface area (Å²) in [6.07, 6.45) is 14.4. The quantitative estimate of drug-likeness (QED) is 0.275. The molecule has 0 bridgehead atoms. The van der Waals surface area contributed by atoms with Crippen molar-refractivity contribution in [3.05, 3.63) is 37.0 Å². The van der Waals surface area contributed by atoms with Crippen LogP contribution in [0, 0.1) is 5.92 Å². The second-order valence-electron chi connectivity index (χ2n) is 4.50. The van der Waals surface area contributed by atoms with E-state index in [1.807, 2.05) is 24.3 Å². The zero-order chi connectivity index (χ0) is 14.3. The first-order valence-corrected chi connectivity index (χ1v) is 7.22. The van der Waals surface area contributed by atoms with E-state index in [0.717, 1.165) is 12.4 Å². The van der Waals surface area contributed by atoms with Crippen molar-refractivity contribution in [1.29, 1.82) is 0 Å². The summed E-state index contributed by atoms with van der Waals surface area (Å²) in [5.41, 5.74) is 5.52. The molecule has 0 saturated heterocycles. The Bertz CT molecular complexity index is 303. The van der Waals surface area contributed by atoms with Crippen molar-refractivity contribution in [3.63, 3.8) is 0 Å². The van der Waals surface area contributed by atoms with Crippen LogP contribution in [0.5, 0.6) is 0 Å². The van der Waals surface area contributed by atoms with Crippen LogP contribution in [0.2, 0.25) is 0 Å². The molecule has 0 aliphatic carbocycles. The highest BCUT2D eigenvalue weighted by Gasteiger charge is 2.04. The van der Waals surface area contributed by atoms with E-state index in [-0.39, 0.29) is 0 Å². The minimum Gasteiger partial charge on any atom is -0.358 e. The van der Waals surface area contributed by atoms with Crippen LogP contribution in [0.1, 0.15) is 39.5 Å². The van der Waals surface area contributed by atoms with Crippen LogP contribution in [-0.2, 0) is 0 Å². The van der Waals surface area contributed by atoms with Crippen LogP contribution < -0.4 is 11.1 Å². The van der Waals surface area contributed by atoms with Gasteiger partial charge in [-0.1, -0.05) is 64.0 Å². The molecule has 0 heterocycles. The van der Waals surface area contributed by atoms with E-state index in [0.29, 0.717) is 12.6 Å². The average Bonchev–Trinajstić information content (AvgIpc) is 2.43. The fourth-order valence-electron chi connectivity index (χ4n) is 1.71. The summed E-state index contributed by atoms with van der Waals surface area (Å²) in [7, 11) is 0. The number of nitrogens with one attached hydrogen (secondary N) is 1. The molecule has 0 unspecified atom stereocenters. The number of unbranched alkanes of at least 4 members (excludes halogenated alkanes) is 1. The Labute approximate surface area is 118 Å². The lowest BCUT2D eigenvalue weighted by molar-refractivity contribution is 0.462. The van der Waals surface area contributed by atoms with Gasteiger partial charge < -0.3 is 11.1 Å². The minimum atomic E-state index is 0.403. The molecule has 0 aliphatic heterocycles. The summed E-state index contributed by atoms with van der Waals surface area (Å²) in [4.78, 5) is 4.61. The molecule has 0 radical (unpaired) electrons. The van der Waals surface area contributed by atoms with E-state index in [4.69, 9.17) is 5.73 Å². The second kappa shape index (κ2) is 13.1. The number of allylic oxidation sites excluding steroid dienone is 4. The molecule has 1 atom stereocenters. The first-order chi connectivity index (χ1) is 9.28. The molecular formula is C16H29N3. The van der Waals surface area contributed by atoms with E-state index in [9.17, 15) is 0 Å². The predicted octanol–water partition coefficient (Wildman–Crippen LogP) is 3.41. The van der Waals surface area contributed by atoms with Crippen LogP contribution in [0.3, 0.4) is 0 Å². The summed E-state index contributed by atoms with van der Waals surface area (Å²) in [6.45, 7) is 9.36. The Hall–Kier alpha value is -1.35. The maximum Gasteiger partial charge on any atom is 0.121 e. The molecule has 0 saturated carbocycles. The molecule has 3 heteroatoms. The lowest BCUT2D eigenvalue weighted by Crippen LogP contribution is -2.28. The van der Waals surface area contributed by atoms with E-state index in [1.54, 1.807) is 6.08 Å². The van der Waals surface area contributed by atoms with E-state index in [2.05, 4.69) is 30.7 Å². The van der Waals surface area contributed by atoms with E-state index < -0.39 is 0 Å². The van der Waals surface area contributed by atoms with Gasteiger partial charge in [0.2, 0.25) is 0 Å². The molecule has 0 aromatic carbocycles. The molecular weight excluding hydrogens is 234 g/mol. The second-order valence-corrected chi connectivity index (χ2v) is 4.50. The fourth-order valence-corrected chi connectivity index (χ4v) is 1.71. The Morgan fingerprint density at radius 3 is 2.68 bits per heavy atom. The number of rotatable bonds is 10. The standard InChI is InChI=1S/C16H29N3/c1-4-7-9-10-12-16(19-14-17)18-13-15(6-3)11-8-5-2/h4,7,9-10,12,15H,1,5-6,8,11,13-14,17H2,2-3H3,(H,18,19)/b9-7-,12-10+/t15-/m1/s1. The maximum atomic E-state index is 5.52. The molecule has 108 valence electrons. The molecule has 0 aliphatic rings. The van der Waals surface area contributed by atoms with Gasteiger partial charge in [0.1, 0.15) is 5.84 Å². The van der Waals surface area contributed by atoms with Crippen molar-refractivity contribution in [2.24, 2.45) is 16.6 Å². The van der Waals surface area contributed by atoms with E-state index >= 15 is 0 Å². The Morgan fingerprint density at radius 1 is 1.32 bits per heavy atom. The van der Waals surface area contributed by atoms with Crippen LogP contribution in [-0.4, -0.2) is 19.0 Å². The van der Waals surface area contributed by atoms with Gasteiger partial charge in [-0.05, 0) is 18.4 Å². The van der Waals surface area contributed by atoms with Gasteiger partial charge in [0, 0.05) is 6.54 Å². The SMILES string of the molecule is C=C\C=C/C=C/C(=N/C[C@H](CC)CCCC)NCN. The highest BCUT2D eigenvalue weighted by molar-refractivity contribution is 5.93. The minimum absolute atomic E-state index is 0.403. The maximum absolute atomic E-state index is 5.52. The van der Waals surface area contributed by atoms with Crippen LogP contribution in [0.4, 0.5) is 0 Å². The van der Waals surface area contributed by atoms with Gasteiger partial charge in [0.05, 0.1) is 6.67 Å². The van der Waals surface area contributed by atoms with Gasteiger partial charge >= 0.3 is 0 Å². The summed E-state index contributed by atoms with van der Waals surface area (Å²) in [5, 5.41) is 3.08.